The summed E-state index contributed by atoms with van der Waals surface area (Å²) in [6, 6.07) is 14.5. The molecule has 2 aromatic carbocycles. The van der Waals surface area contributed by atoms with Crippen molar-refractivity contribution >= 4 is 22.5 Å². The van der Waals surface area contributed by atoms with E-state index in [2.05, 4.69) is 60.5 Å². The standard InChI is InChI=1S/C21H25NOS/c1-22-19-4-3-10-21(22,11-9-19)18-7-5-17-15-20(24-13-12-23-2)8-6-16(17)14-18/h3,5-8,10,14-15,19H,4,9,11-13H2,1-2H3. The molecule has 0 spiro atoms. The van der Waals surface area contributed by atoms with Crippen LogP contribution in [0.4, 0.5) is 0 Å². The molecule has 1 fully saturated rings. The summed E-state index contributed by atoms with van der Waals surface area (Å²) < 4.78 is 5.14. The highest BCUT2D eigenvalue weighted by molar-refractivity contribution is 7.99. The van der Waals surface area contributed by atoms with Crippen molar-refractivity contribution in [1.29, 1.82) is 0 Å². The monoisotopic (exact) mass is 339 g/mol. The second-order valence-electron chi connectivity index (χ2n) is 6.93. The summed E-state index contributed by atoms with van der Waals surface area (Å²) in [7, 11) is 4.05. The van der Waals surface area contributed by atoms with Gasteiger partial charge in [0.25, 0.3) is 0 Å². The van der Waals surface area contributed by atoms with Crippen LogP contribution in [0.5, 0.6) is 0 Å². The molecule has 1 saturated heterocycles. The van der Waals surface area contributed by atoms with Gasteiger partial charge in [-0.3, -0.25) is 4.90 Å². The number of thioether (sulfide) groups is 1. The van der Waals surface area contributed by atoms with Crippen LogP contribution in [0.1, 0.15) is 24.8 Å². The first-order valence-corrected chi connectivity index (χ1v) is 9.78. The van der Waals surface area contributed by atoms with Gasteiger partial charge in [0.1, 0.15) is 0 Å². The van der Waals surface area contributed by atoms with Crippen LogP contribution < -0.4 is 0 Å². The largest absolute Gasteiger partial charge is 0.384 e. The Bertz CT molecular complexity index is 772. The van der Waals surface area contributed by atoms with Crippen molar-refractivity contribution < 1.29 is 4.74 Å². The molecule has 2 aromatic rings. The maximum absolute atomic E-state index is 5.14. The zero-order chi connectivity index (χ0) is 16.6. The van der Waals surface area contributed by atoms with E-state index in [0.717, 1.165) is 12.4 Å². The average Bonchev–Trinajstić information content (AvgIpc) is 2.80. The van der Waals surface area contributed by atoms with E-state index < -0.39 is 0 Å². The van der Waals surface area contributed by atoms with Crippen molar-refractivity contribution in [3.63, 3.8) is 0 Å². The molecule has 2 atom stereocenters. The van der Waals surface area contributed by atoms with E-state index in [4.69, 9.17) is 4.74 Å². The first-order valence-electron chi connectivity index (χ1n) is 8.80. The van der Waals surface area contributed by atoms with Crippen molar-refractivity contribution in [1.82, 2.24) is 4.90 Å². The number of hydrogen-bond acceptors (Lipinski definition) is 3. The molecule has 126 valence electrons. The molecule has 2 heterocycles. The van der Waals surface area contributed by atoms with Crippen LogP contribution in [-0.4, -0.2) is 37.5 Å². The molecule has 0 N–H and O–H groups in total. The molecule has 2 aliphatic rings. The van der Waals surface area contributed by atoms with Crippen molar-refractivity contribution in [2.75, 3.05) is 26.5 Å². The number of benzene rings is 2. The fraction of sp³-hybridized carbons (Fsp3) is 0.429. The molecule has 24 heavy (non-hydrogen) atoms. The highest BCUT2D eigenvalue weighted by Crippen LogP contribution is 2.46. The minimum absolute atomic E-state index is 0.114. The summed E-state index contributed by atoms with van der Waals surface area (Å²) in [6.07, 6.45) is 8.57. The number of likely N-dealkylation sites (N-methyl/N-ethyl adjacent to an activating group) is 1. The van der Waals surface area contributed by atoms with Gasteiger partial charge < -0.3 is 4.74 Å². The maximum Gasteiger partial charge on any atom is 0.0646 e. The van der Waals surface area contributed by atoms with Gasteiger partial charge in [0.15, 0.2) is 0 Å². The van der Waals surface area contributed by atoms with Crippen molar-refractivity contribution in [2.24, 2.45) is 0 Å². The second-order valence-corrected chi connectivity index (χ2v) is 8.10. The van der Waals surface area contributed by atoms with E-state index in [0.29, 0.717) is 6.04 Å². The molecule has 0 aliphatic carbocycles. The van der Waals surface area contributed by atoms with Gasteiger partial charge in [-0.05, 0) is 60.8 Å². The molecule has 0 saturated carbocycles. The van der Waals surface area contributed by atoms with Crippen LogP contribution in [0.25, 0.3) is 10.8 Å². The number of fused-ring (bicyclic) bond motifs is 3. The van der Waals surface area contributed by atoms with Gasteiger partial charge in [-0.25, -0.2) is 0 Å². The Balaban J connectivity index is 1.65. The van der Waals surface area contributed by atoms with E-state index in [1.165, 1.54) is 40.5 Å². The second kappa shape index (κ2) is 6.55. The van der Waals surface area contributed by atoms with Crippen LogP contribution in [0.2, 0.25) is 0 Å². The fourth-order valence-electron chi connectivity index (χ4n) is 4.25. The molecular formula is C21H25NOS. The Morgan fingerprint density at radius 1 is 1.21 bits per heavy atom. The van der Waals surface area contributed by atoms with Gasteiger partial charge in [0.05, 0.1) is 12.1 Å². The van der Waals surface area contributed by atoms with Crippen LogP contribution in [0.3, 0.4) is 0 Å². The van der Waals surface area contributed by atoms with Gasteiger partial charge >= 0.3 is 0 Å². The lowest BCUT2D eigenvalue weighted by Gasteiger charge is -2.39. The lowest BCUT2D eigenvalue weighted by atomic mass is 9.85. The third-order valence-electron chi connectivity index (χ3n) is 5.71. The number of methoxy groups -OCH3 is 1. The van der Waals surface area contributed by atoms with Gasteiger partial charge in [0, 0.05) is 23.8 Å². The number of nitrogens with zero attached hydrogens (tertiary/aromatic N) is 1. The normalized spacial score (nSPS) is 26.3. The average molecular weight is 340 g/mol. The van der Waals surface area contributed by atoms with E-state index in [-0.39, 0.29) is 5.54 Å². The molecule has 4 rings (SSSR count). The smallest absolute Gasteiger partial charge is 0.0646 e. The quantitative estimate of drug-likeness (QED) is 0.440. The lowest BCUT2D eigenvalue weighted by Crippen LogP contribution is -2.42. The third kappa shape index (κ3) is 2.69. The predicted molar refractivity (Wildman–Crippen MR) is 103 cm³/mol. The number of ether oxygens (including phenoxy) is 1. The van der Waals surface area contributed by atoms with Crippen LogP contribution in [0, 0.1) is 0 Å². The summed E-state index contributed by atoms with van der Waals surface area (Å²) in [5.74, 6) is 1.00. The Morgan fingerprint density at radius 3 is 2.92 bits per heavy atom. The van der Waals surface area contributed by atoms with Crippen LogP contribution in [-0.2, 0) is 10.3 Å². The van der Waals surface area contributed by atoms with Gasteiger partial charge in [-0.15, -0.1) is 11.8 Å². The minimum Gasteiger partial charge on any atom is -0.384 e. The molecule has 0 amide bonds. The van der Waals surface area contributed by atoms with Crippen molar-refractivity contribution in [2.45, 2.75) is 35.7 Å². The molecular weight excluding hydrogens is 314 g/mol. The van der Waals surface area contributed by atoms with E-state index in [9.17, 15) is 0 Å². The Labute approximate surface area is 148 Å². The minimum atomic E-state index is 0.114. The van der Waals surface area contributed by atoms with Crippen molar-refractivity contribution in [3.05, 3.63) is 54.1 Å². The molecule has 2 aliphatic heterocycles. The van der Waals surface area contributed by atoms with Crippen LogP contribution in [0.15, 0.2) is 53.4 Å². The van der Waals surface area contributed by atoms with E-state index >= 15 is 0 Å². The molecule has 2 unspecified atom stereocenters. The van der Waals surface area contributed by atoms with Gasteiger partial charge in [-0.2, -0.15) is 0 Å². The molecule has 0 aromatic heterocycles. The first kappa shape index (κ1) is 16.2. The zero-order valence-corrected chi connectivity index (χ0v) is 15.3. The van der Waals surface area contributed by atoms with Crippen molar-refractivity contribution in [3.8, 4) is 0 Å². The SMILES string of the molecule is COCCSc1ccc2cc(C34C=CCC(CC3)N4C)ccc2c1. The number of rotatable bonds is 5. The predicted octanol–water partition coefficient (Wildman–Crippen LogP) is 4.83. The Kier molecular flexibility index (Phi) is 4.42. The van der Waals surface area contributed by atoms with Crippen LogP contribution >= 0.6 is 11.8 Å². The van der Waals surface area contributed by atoms with Gasteiger partial charge in [0.2, 0.25) is 0 Å². The lowest BCUT2D eigenvalue weighted by molar-refractivity contribution is 0.168. The van der Waals surface area contributed by atoms with Gasteiger partial charge in [-0.1, -0.05) is 30.4 Å². The zero-order valence-electron chi connectivity index (χ0n) is 14.5. The topological polar surface area (TPSA) is 12.5 Å². The molecule has 3 heteroatoms. The highest BCUT2D eigenvalue weighted by Gasteiger charge is 2.45. The summed E-state index contributed by atoms with van der Waals surface area (Å²) in [6.45, 7) is 0.796. The Morgan fingerprint density at radius 2 is 2.04 bits per heavy atom. The van der Waals surface area contributed by atoms with E-state index in [1.54, 1.807) is 7.11 Å². The Hall–Kier alpha value is -1.29. The highest BCUT2D eigenvalue weighted by atomic mass is 32.2. The third-order valence-corrected chi connectivity index (χ3v) is 6.66. The fourth-order valence-corrected chi connectivity index (χ4v) is 5.11. The summed E-state index contributed by atoms with van der Waals surface area (Å²) in [5, 5.41) is 2.67. The summed E-state index contributed by atoms with van der Waals surface area (Å²) in [5.41, 5.74) is 1.55. The van der Waals surface area contributed by atoms with E-state index in [1.807, 2.05) is 11.8 Å². The summed E-state index contributed by atoms with van der Waals surface area (Å²) in [4.78, 5) is 3.91. The first-order chi connectivity index (χ1) is 11.7. The number of hydrogen-bond donors (Lipinski definition) is 0. The maximum atomic E-state index is 5.14. The molecule has 2 bridgehead atoms. The molecule has 0 radical (unpaired) electrons. The summed E-state index contributed by atoms with van der Waals surface area (Å²) >= 11 is 1.86. The molecule has 2 nitrogen and oxygen atoms in total.